The molecule has 0 spiro atoms. The molecule has 1 heterocycles. The van der Waals surface area contributed by atoms with Crippen molar-refractivity contribution in [2.24, 2.45) is 10.7 Å². The minimum Gasteiger partial charge on any atom is -0.352 e. The van der Waals surface area contributed by atoms with Gasteiger partial charge in [-0.15, -0.1) is 0 Å². The Labute approximate surface area is 115 Å². The van der Waals surface area contributed by atoms with Crippen molar-refractivity contribution >= 4 is 34.8 Å². The van der Waals surface area contributed by atoms with E-state index in [9.17, 15) is 0 Å². The average molecular weight is 289 g/mol. The van der Waals surface area contributed by atoms with Crippen LogP contribution in [0.25, 0.3) is 0 Å². The molecule has 7 heteroatoms. The molecule has 0 bridgehead atoms. The molecule has 1 fully saturated rings. The van der Waals surface area contributed by atoms with Crippen LogP contribution in [0.4, 0.5) is 5.69 Å². The van der Waals surface area contributed by atoms with Crippen LogP contribution in [0.15, 0.2) is 23.2 Å². The molecule has 1 aliphatic rings. The number of para-hydroxylation sites is 1. The highest BCUT2D eigenvalue weighted by Crippen LogP contribution is 2.32. The molecule has 1 saturated heterocycles. The van der Waals surface area contributed by atoms with Crippen molar-refractivity contribution in [3.05, 3.63) is 28.2 Å². The first-order valence-corrected chi connectivity index (χ1v) is 6.35. The number of nitrogens with one attached hydrogen (secondary N) is 1. The summed E-state index contributed by atoms with van der Waals surface area (Å²) >= 11 is 12.1. The fourth-order valence-electron chi connectivity index (χ4n) is 1.55. The summed E-state index contributed by atoms with van der Waals surface area (Å²) in [5.74, 6) is 0.596. The van der Waals surface area contributed by atoms with Gasteiger partial charge in [0.15, 0.2) is 0 Å². The number of hydrogen-bond donors (Lipinski definition) is 2. The van der Waals surface area contributed by atoms with Gasteiger partial charge in [0, 0.05) is 13.1 Å². The topological polar surface area (TPSA) is 62.9 Å². The molecule has 0 amide bonds. The molecule has 0 aromatic heterocycles. The Hall–Kier alpha value is -1.01. The van der Waals surface area contributed by atoms with Crippen LogP contribution in [0.2, 0.25) is 10.0 Å². The largest absolute Gasteiger partial charge is 0.352 e. The third-order valence-electron chi connectivity index (χ3n) is 2.35. The van der Waals surface area contributed by atoms with Gasteiger partial charge in [-0.1, -0.05) is 29.3 Å². The maximum atomic E-state index is 6.06. The molecule has 0 aliphatic carbocycles. The molecule has 98 valence electrons. The van der Waals surface area contributed by atoms with E-state index >= 15 is 0 Å². The average Bonchev–Trinajstić information content (AvgIpc) is 2.79. The van der Waals surface area contributed by atoms with E-state index in [1.165, 1.54) is 0 Å². The molecule has 0 radical (unpaired) electrons. The highest BCUT2D eigenvalue weighted by atomic mass is 35.5. The van der Waals surface area contributed by atoms with Gasteiger partial charge in [0.2, 0.25) is 5.96 Å². The van der Waals surface area contributed by atoms with E-state index in [1.807, 2.05) is 0 Å². The van der Waals surface area contributed by atoms with E-state index < -0.39 is 0 Å². The number of hydrogen-bond acceptors (Lipinski definition) is 3. The highest BCUT2D eigenvalue weighted by molar-refractivity contribution is 6.38. The Bertz CT molecular complexity index is 432. The summed E-state index contributed by atoms with van der Waals surface area (Å²) in [7, 11) is 0. The lowest BCUT2D eigenvalue weighted by molar-refractivity contribution is -0.0862. The summed E-state index contributed by atoms with van der Waals surface area (Å²) in [5, 5.41) is 5.78. The van der Waals surface area contributed by atoms with Crippen molar-refractivity contribution in [2.75, 3.05) is 26.2 Å². The lowest BCUT2D eigenvalue weighted by Crippen LogP contribution is -2.31. The van der Waals surface area contributed by atoms with Crippen molar-refractivity contribution in [3.8, 4) is 0 Å². The predicted molar refractivity (Wildman–Crippen MR) is 73.3 cm³/mol. The van der Waals surface area contributed by atoms with E-state index in [-0.39, 0.29) is 0 Å². The van der Waals surface area contributed by atoms with Crippen LogP contribution in [0.3, 0.4) is 0 Å². The maximum Gasteiger partial charge on any atom is 0.223 e. The van der Waals surface area contributed by atoms with Crippen LogP contribution in [-0.2, 0) is 4.84 Å². The molecular weight excluding hydrogens is 275 g/mol. The van der Waals surface area contributed by atoms with Gasteiger partial charge >= 0.3 is 0 Å². The summed E-state index contributed by atoms with van der Waals surface area (Å²) < 4.78 is 0. The summed E-state index contributed by atoms with van der Waals surface area (Å²) in [6.07, 6.45) is 0. The summed E-state index contributed by atoms with van der Waals surface area (Å²) in [5.41, 5.74) is 5.93. The molecular formula is C11H14Cl2N4O. The molecule has 0 atom stereocenters. The Morgan fingerprint density at radius 2 is 2.11 bits per heavy atom. The van der Waals surface area contributed by atoms with Crippen molar-refractivity contribution in [3.63, 3.8) is 0 Å². The highest BCUT2D eigenvalue weighted by Gasteiger charge is 2.19. The zero-order valence-corrected chi connectivity index (χ0v) is 11.2. The van der Waals surface area contributed by atoms with Crippen molar-refractivity contribution < 1.29 is 4.84 Å². The van der Waals surface area contributed by atoms with E-state index in [4.69, 9.17) is 33.8 Å². The zero-order chi connectivity index (χ0) is 13.0. The molecule has 2 rings (SSSR count). The van der Waals surface area contributed by atoms with Gasteiger partial charge in [-0.3, -0.25) is 4.84 Å². The van der Waals surface area contributed by atoms with Gasteiger partial charge in [-0.25, -0.2) is 10.1 Å². The third-order valence-corrected chi connectivity index (χ3v) is 2.96. The van der Waals surface area contributed by atoms with E-state index in [0.717, 1.165) is 6.54 Å². The Balaban J connectivity index is 2.21. The number of guanidine groups is 1. The number of rotatable bonds is 4. The molecule has 0 unspecified atom stereocenters. The Morgan fingerprint density at radius 1 is 1.39 bits per heavy atom. The van der Waals surface area contributed by atoms with Crippen LogP contribution in [0, 0.1) is 0 Å². The minimum absolute atomic E-state index is 0.441. The summed E-state index contributed by atoms with van der Waals surface area (Å²) in [4.78, 5) is 9.84. The normalized spacial score (nSPS) is 17.3. The molecule has 5 nitrogen and oxygen atoms in total. The molecule has 1 aromatic carbocycles. The summed E-state index contributed by atoms with van der Waals surface area (Å²) in [6.45, 7) is 2.36. The number of nitrogens with zero attached hydrogens (tertiary/aromatic N) is 2. The molecule has 1 aliphatic heterocycles. The second-order valence-corrected chi connectivity index (χ2v) is 4.47. The fourth-order valence-corrected chi connectivity index (χ4v) is 2.03. The van der Waals surface area contributed by atoms with Crippen molar-refractivity contribution in [1.29, 1.82) is 0 Å². The second-order valence-electron chi connectivity index (χ2n) is 3.66. The smallest absolute Gasteiger partial charge is 0.223 e. The Morgan fingerprint density at radius 3 is 2.78 bits per heavy atom. The quantitative estimate of drug-likeness (QED) is 0.887. The van der Waals surface area contributed by atoms with Gasteiger partial charge < -0.3 is 11.1 Å². The third kappa shape index (κ3) is 3.05. The van der Waals surface area contributed by atoms with E-state index in [1.54, 1.807) is 23.3 Å². The molecule has 3 N–H and O–H groups in total. The van der Waals surface area contributed by atoms with Crippen LogP contribution in [0.5, 0.6) is 0 Å². The second kappa shape index (κ2) is 6.24. The van der Waals surface area contributed by atoms with Gasteiger partial charge in [0.05, 0.1) is 23.2 Å². The van der Waals surface area contributed by atoms with Gasteiger partial charge in [0.25, 0.3) is 0 Å². The van der Waals surface area contributed by atoms with Crippen molar-refractivity contribution in [1.82, 2.24) is 10.4 Å². The monoisotopic (exact) mass is 288 g/mol. The number of benzene rings is 1. The first-order chi connectivity index (χ1) is 8.72. The molecule has 1 aromatic rings. The molecule has 18 heavy (non-hydrogen) atoms. The number of nitrogens with two attached hydrogens (primary N) is 1. The van der Waals surface area contributed by atoms with Crippen molar-refractivity contribution in [2.45, 2.75) is 0 Å². The van der Waals surface area contributed by atoms with Crippen LogP contribution >= 0.6 is 23.2 Å². The Kier molecular flexibility index (Phi) is 4.66. The summed E-state index contributed by atoms with van der Waals surface area (Å²) in [6, 6.07) is 5.26. The lowest BCUT2D eigenvalue weighted by Gasteiger charge is -2.16. The van der Waals surface area contributed by atoms with Crippen LogP contribution < -0.4 is 11.1 Å². The SMILES string of the molecule is NCCON1CCN/C1=N\c1c(Cl)cccc1Cl. The van der Waals surface area contributed by atoms with Gasteiger partial charge in [-0.2, -0.15) is 0 Å². The standard InChI is InChI=1S/C11H14Cl2N4O/c12-8-2-1-3-9(13)10(8)16-11-15-5-6-17(11)18-7-4-14/h1-3H,4-7,14H2,(H,15,16). The predicted octanol–water partition coefficient (Wildman–Crippen LogP) is 1.78. The number of halogens is 2. The first-order valence-electron chi connectivity index (χ1n) is 5.59. The number of aliphatic imine (C=N–C) groups is 1. The lowest BCUT2D eigenvalue weighted by atomic mass is 10.3. The maximum absolute atomic E-state index is 6.06. The molecule has 0 saturated carbocycles. The van der Waals surface area contributed by atoms with E-state index in [2.05, 4.69) is 10.3 Å². The zero-order valence-electron chi connectivity index (χ0n) is 9.70. The van der Waals surface area contributed by atoms with Crippen LogP contribution in [-0.4, -0.2) is 37.3 Å². The van der Waals surface area contributed by atoms with Crippen LogP contribution in [0.1, 0.15) is 0 Å². The van der Waals surface area contributed by atoms with Gasteiger partial charge in [-0.05, 0) is 12.1 Å². The minimum atomic E-state index is 0.441. The van der Waals surface area contributed by atoms with E-state index in [0.29, 0.717) is 41.4 Å². The number of hydroxylamine groups is 2. The first kappa shape index (κ1) is 13.4. The fraction of sp³-hybridized carbons (Fsp3) is 0.364. The van der Waals surface area contributed by atoms with Gasteiger partial charge in [0.1, 0.15) is 5.69 Å².